The second-order valence-electron chi connectivity index (χ2n) is 6.48. The zero-order valence-electron chi connectivity index (χ0n) is 14.8. The molecule has 1 aliphatic heterocycles. The first-order valence-electron chi connectivity index (χ1n) is 8.41. The Hall–Kier alpha value is -2.30. The van der Waals surface area contributed by atoms with Gasteiger partial charge in [-0.1, -0.05) is 42.5 Å². The number of likely N-dealkylation sites (tertiary alicyclic amines) is 1. The number of likely N-dealkylation sites (N-methyl/N-ethyl adjacent to an activating group) is 1. The highest BCUT2D eigenvalue weighted by Gasteiger charge is 2.38. The normalized spacial score (nSPS) is 20.1. The number of benzene rings is 1. The summed E-state index contributed by atoms with van der Waals surface area (Å²) in [6.45, 7) is 9.38. The van der Waals surface area contributed by atoms with Crippen molar-refractivity contribution in [3.63, 3.8) is 0 Å². The maximum absolute atomic E-state index is 12.3. The van der Waals surface area contributed by atoms with Crippen molar-refractivity contribution in [1.29, 1.82) is 0 Å². The van der Waals surface area contributed by atoms with Crippen LogP contribution in [0.5, 0.6) is 0 Å². The minimum atomic E-state index is -0.102. The van der Waals surface area contributed by atoms with Crippen LogP contribution in [0.4, 0.5) is 4.79 Å². The second-order valence-corrected chi connectivity index (χ2v) is 6.48. The summed E-state index contributed by atoms with van der Waals surface area (Å²) in [6.07, 6.45) is 0.461. The van der Waals surface area contributed by atoms with E-state index in [2.05, 4.69) is 11.9 Å². The van der Waals surface area contributed by atoms with E-state index in [0.717, 1.165) is 11.1 Å². The van der Waals surface area contributed by atoms with Crippen LogP contribution in [0.2, 0.25) is 0 Å². The minimum absolute atomic E-state index is 0.00946. The Bertz CT molecular complexity index is 600. The zero-order chi connectivity index (χ0) is 17.7. The lowest BCUT2D eigenvalue weighted by Crippen LogP contribution is -2.43. The van der Waals surface area contributed by atoms with Gasteiger partial charge >= 0.3 is 6.03 Å². The lowest BCUT2D eigenvalue weighted by Gasteiger charge is -2.27. The third-order valence-electron chi connectivity index (χ3n) is 4.48. The predicted molar refractivity (Wildman–Crippen MR) is 95.5 cm³/mol. The van der Waals surface area contributed by atoms with E-state index in [4.69, 9.17) is 0 Å². The number of carbonyl (C=O) groups excluding carboxylic acids is 2. The molecule has 0 aliphatic carbocycles. The summed E-state index contributed by atoms with van der Waals surface area (Å²) in [5, 5.41) is 2.99. The molecule has 1 aliphatic rings. The van der Waals surface area contributed by atoms with Crippen molar-refractivity contribution in [3.05, 3.63) is 48.0 Å². The van der Waals surface area contributed by atoms with Crippen molar-refractivity contribution in [2.45, 2.75) is 26.3 Å². The van der Waals surface area contributed by atoms with Crippen molar-refractivity contribution >= 4 is 11.9 Å². The van der Waals surface area contributed by atoms with Crippen LogP contribution >= 0.6 is 0 Å². The number of amides is 3. The minimum Gasteiger partial charge on any atom is -0.338 e. The molecule has 1 fully saturated rings. The molecular weight excluding hydrogens is 302 g/mol. The van der Waals surface area contributed by atoms with Crippen LogP contribution in [0.3, 0.4) is 0 Å². The highest BCUT2D eigenvalue weighted by atomic mass is 16.2. The Morgan fingerprint density at radius 1 is 1.38 bits per heavy atom. The molecule has 5 nitrogen and oxygen atoms in total. The van der Waals surface area contributed by atoms with Gasteiger partial charge in [-0.05, 0) is 19.4 Å². The molecule has 1 saturated heterocycles. The van der Waals surface area contributed by atoms with Crippen LogP contribution in [0.25, 0.3) is 0 Å². The fourth-order valence-corrected chi connectivity index (χ4v) is 3.26. The molecule has 0 unspecified atom stereocenters. The summed E-state index contributed by atoms with van der Waals surface area (Å²) in [4.78, 5) is 28.0. The summed E-state index contributed by atoms with van der Waals surface area (Å²) >= 11 is 0. The van der Waals surface area contributed by atoms with Gasteiger partial charge in [0.25, 0.3) is 0 Å². The van der Waals surface area contributed by atoms with Gasteiger partial charge in [0.1, 0.15) is 0 Å². The smallest absolute Gasteiger partial charge is 0.317 e. The number of nitrogens with zero attached hydrogens (tertiary/aromatic N) is 2. The molecule has 1 N–H and O–H groups in total. The Labute approximate surface area is 144 Å². The van der Waals surface area contributed by atoms with Crippen molar-refractivity contribution in [3.8, 4) is 0 Å². The molecule has 5 heteroatoms. The number of hydrogen-bond acceptors (Lipinski definition) is 2. The molecule has 2 rings (SSSR count). The monoisotopic (exact) mass is 329 g/mol. The molecule has 0 saturated carbocycles. The summed E-state index contributed by atoms with van der Waals surface area (Å²) in [5.41, 5.74) is 2.06. The van der Waals surface area contributed by atoms with Crippen LogP contribution in [0, 0.1) is 5.92 Å². The Morgan fingerprint density at radius 2 is 2.04 bits per heavy atom. The molecule has 1 aromatic carbocycles. The van der Waals surface area contributed by atoms with E-state index in [9.17, 15) is 9.59 Å². The average molecular weight is 329 g/mol. The van der Waals surface area contributed by atoms with Gasteiger partial charge < -0.3 is 15.1 Å². The van der Waals surface area contributed by atoms with Crippen LogP contribution < -0.4 is 5.32 Å². The van der Waals surface area contributed by atoms with E-state index in [0.29, 0.717) is 26.1 Å². The summed E-state index contributed by atoms with van der Waals surface area (Å²) in [5.74, 6) is 0.203. The maximum Gasteiger partial charge on any atom is 0.317 e. The van der Waals surface area contributed by atoms with Crippen LogP contribution in [0.15, 0.2) is 42.5 Å². The lowest BCUT2D eigenvalue weighted by molar-refractivity contribution is -0.127. The molecule has 24 heavy (non-hydrogen) atoms. The third kappa shape index (κ3) is 4.16. The summed E-state index contributed by atoms with van der Waals surface area (Å²) < 4.78 is 0. The summed E-state index contributed by atoms with van der Waals surface area (Å²) in [6, 6.07) is 9.90. The standard InChI is InChI=1S/C19H27N3O2/c1-5-22(13-14(2)3)19(24)20-12-16-11-17(23)21(4)18(16)15-9-7-6-8-10-15/h6-10,16,18H,2,5,11-13H2,1,3-4H3,(H,20,24)/t16-,18+/m1/s1. The largest absolute Gasteiger partial charge is 0.338 e. The zero-order valence-corrected chi connectivity index (χ0v) is 14.8. The fourth-order valence-electron chi connectivity index (χ4n) is 3.26. The number of nitrogens with one attached hydrogen (secondary N) is 1. The van der Waals surface area contributed by atoms with E-state index in [-0.39, 0.29) is 23.9 Å². The Morgan fingerprint density at radius 3 is 2.62 bits per heavy atom. The highest BCUT2D eigenvalue weighted by Crippen LogP contribution is 2.36. The van der Waals surface area contributed by atoms with Gasteiger partial charge in [-0.2, -0.15) is 0 Å². The first-order chi connectivity index (χ1) is 11.4. The van der Waals surface area contributed by atoms with Gasteiger partial charge in [0, 0.05) is 39.0 Å². The van der Waals surface area contributed by atoms with Gasteiger partial charge in [0.15, 0.2) is 0 Å². The van der Waals surface area contributed by atoms with Gasteiger partial charge in [0.2, 0.25) is 5.91 Å². The van der Waals surface area contributed by atoms with Crippen molar-refractivity contribution in [1.82, 2.24) is 15.1 Å². The average Bonchev–Trinajstić information content (AvgIpc) is 2.85. The van der Waals surface area contributed by atoms with Gasteiger partial charge in [0.05, 0.1) is 6.04 Å². The molecule has 0 bridgehead atoms. The molecule has 2 atom stereocenters. The van der Waals surface area contributed by atoms with Crippen LogP contribution in [-0.2, 0) is 4.79 Å². The first kappa shape index (κ1) is 18.0. The molecule has 130 valence electrons. The predicted octanol–water partition coefficient (Wildman–Crippen LogP) is 2.81. The molecule has 1 aromatic rings. The van der Waals surface area contributed by atoms with Crippen molar-refractivity contribution in [2.24, 2.45) is 5.92 Å². The maximum atomic E-state index is 12.3. The molecule has 0 aromatic heterocycles. The quantitative estimate of drug-likeness (QED) is 0.816. The van der Waals surface area contributed by atoms with E-state index < -0.39 is 0 Å². The van der Waals surface area contributed by atoms with Crippen molar-refractivity contribution in [2.75, 3.05) is 26.7 Å². The lowest BCUT2D eigenvalue weighted by atomic mass is 9.94. The van der Waals surface area contributed by atoms with E-state index in [1.165, 1.54) is 0 Å². The van der Waals surface area contributed by atoms with Gasteiger partial charge in [-0.3, -0.25) is 4.79 Å². The molecule has 0 spiro atoms. The Kier molecular flexibility index (Phi) is 6.01. The molecule has 1 heterocycles. The van der Waals surface area contributed by atoms with E-state index >= 15 is 0 Å². The number of hydrogen-bond donors (Lipinski definition) is 1. The van der Waals surface area contributed by atoms with Crippen LogP contribution in [-0.4, -0.2) is 48.4 Å². The topological polar surface area (TPSA) is 52.7 Å². The van der Waals surface area contributed by atoms with Gasteiger partial charge in [-0.25, -0.2) is 4.79 Å². The summed E-state index contributed by atoms with van der Waals surface area (Å²) in [7, 11) is 1.83. The number of carbonyl (C=O) groups is 2. The fraction of sp³-hybridized carbons (Fsp3) is 0.474. The highest BCUT2D eigenvalue weighted by molar-refractivity contribution is 5.80. The third-order valence-corrected chi connectivity index (χ3v) is 4.48. The van der Waals surface area contributed by atoms with Gasteiger partial charge in [-0.15, -0.1) is 0 Å². The Balaban J connectivity index is 2.03. The molecule has 0 radical (unpaired) electrons. The molecule has 3 amide bonds. The molecular formula is C19H27N3O2. The van der Waals surface area contributed by atoms with Crippen LogP contribution in [0.1, 0.15) is 31.9 Å². The number of urea groups is 1. The second kappa shape index (κ2) is 7.99. The first-order valence-corrected chi connectivity index (χ1v) is 8.41. The van der Waals surface area contributed by atoms with Crippen molar-refractivity contribution < 1.29 is 9.59 Å². The number of rotatable bonds is 6. The SMILES string of the molecule is C=C(C)CN(CC)C(=O)NC[C@H]1CC(=O)N(C)[C@H]1c1ccccc1. The van der Waals surface area contributed by atoms with E-state index in [1.807, 2.05) is 51.2 Å². The van der Waals surface area contributed by atoms with E-state index in [1.54, 1.807) is 9.80 Å².